The van der Waals surface area contributed by atoms with Crippen LogP contribution in [0.3, 0.4) is 0 Å². The minimum Gasteiger partial charge on any atom is -0.748 e. The van der Waals surface area contributed by atoms with Crippen LogP contribution in [0.1, 0.15) is 28.2 Å². The van der Waals surface area contributed by atoms with Crippen molar-refractivity contribution < 1.29 is 13.0 Å². The Balaban J connectivity index is -0.0000000465. The first-order valence-electron chi connectivity index (χ1n) is 3.53. The van der Waals surface area contributed by atoms with Gasteiger partial charge in [-0.05, 0) is 5.92 Å². The van der Waals surface area contributed by atoms with Gasteiger partial charge in [-0.3, -0.25) is 0 Å². The molecule has 0 aromatic rings. The van der Waals surface area contributed by atoms with Crippen LogP contribution in [0, 0.1) is 5.92 Å². The van der Waals surface area contributed by atoms with Crippen molar-refractivity contribution in [3.63, 3.8) is 0 Å². The van der Waals surface area contributed by atoms with E-state index in [1.807, 2.05) is 0 Å². The number of rotatable bonds is 0. The molecule has 4 nitrogen and oxygen atoms in total. The predicted molar refractivity (Wildman–Crippen MR) is 58.1 cm³/mol. The highest BCUT2D eigenvalue weighted by Gasteiger charge is 1.68. The summed E-state index contributed by atoms with van der Waals surface area (Å²) in [6.45, 7) is 6.50. The van der Waals surface area contributed by atoms with Crippen molar-refractivity contribution >= 4 is 10.1 Å². The Labute approximate surface area is 83.5 Å². The molecule has 0 saturated carbocycles. The van der Waals surface area contributed by atoms with Crippen LogP contribution in [-0.4, -0.2) is 33.3 Å². The Morgan fingerprint density at radius 2 is 1.15 bits per heavy atom. The van der Waals surface area contributed by atoms with Crippen LogP contribution < -0.4 is 0 Å². The van der Waals surface area contributed by atoms with Gasteiger partial charge in [0, 0.05) is 6.26 Å². The summed E-state index contributed by atoms with van der Waals surface area (Å²) in [6.07, 6.45) is 0.604. The van der Waals surface area contributed by atoms with Crippen molar-refractivity contribution in [3.8, 4) is 0 Å². The molecule has 0 saturated heterocycles. The van der Waals surface area contributed by atoms with Crippen LogP contribution in [0.25, 0.3) is 5.32 Å². The SMILES string of the molecule is C.CC(C)C.CS(=O)(=O)[O-].C[N-]C. The van der Waals surface area contributed by atoms with E-state index < -0.39 is 10.1 Å². The highest BCUT2D eigenvalue weighted by Crippen LogP contribution is 1.81. The van der Waals surface area contributed by atoms with Crippen LogP contribution in [0.2, 0.25) is 0 Å². The summed E-state index contributed by atoms with van der Waals surface area (Å²) in [5.74, 6) is 0.833. The minimum absolute atomic E-state index is 0. The van der Waals surface area contributed by atoms with Gasteiger partial charge in [0.1, 0.15) is 0 Å². The molecule has 0 heterocycles. The maximum absolute atomic E-state index is 9.08. The summed E-state index contributed by atoms with van der Waals surface area (Å²) >= 11 is 0. The van der Waals surface area contributed by atoms with Gasteiger partial charge >= 0.3 is 0 Å². The van der Waals surface area contributed by atoms with Crippen molar-refractivity contribution in [2.45, 2.75) is 28.2 Å². The van der Waals surface area contributed by atoms with Gasteiger partial charge < -0.3 is 9.87 Å². The second kappa shape index (κ2) is 14.4. The summed E-state index contributed by atoms with van der Waals surface area (Å²) in [5.41, 5.74) is 0. The molecule has 0 amide bonds. The monoisotopic (exact) mass is 213 g/mol. The van der Waals surface area contributed by atoms with Gasteiger partial charge in [0.15, 0.2) is 0 Å². The fourth-order valence-corrected chi connectivity index (χ4v) is 0. The maximum atomic E-state index is 9.08. The number of hydrogen-bond donors (Lipinski definition) is 0. The Bertz CT molecular complexity index is 142. The average Bonchev–Trinajstić information content (AvgIpc) is 1.56. The van der Waals surface area contributed by atoms with Crippen molar-refractivity contribution in [2.24, 2.45) is 5.92 Å². The first-order chi connectivity index (χ1) is 5.15. The van der Waals surface area contributed by atoms with E-state index in [0.717, 1.165) is 5.92 Å². The van der Waals surface area contributed by atoms with Crippen molar-refractivity contribution in [2.75, 3.05) is 20.4 Å². The highest BCUT2D eigenvalue weighted by atomic mass is 32.2. The molecule has 0 aromatic heterocycles. The van der Waals surface area contributed by atoms with Gasteiger partial charge in [0.05, 0.1) is 10.1 Å². The van der Waals surface area contributed by atoms with E-state index in [1.165, 1.54) is 0 Å². The van der Waals surface area contributed by atoms with Gasteiger partial charge in [0.2, 0.25) is 0 Å². The molecule has 13 heavy (non-hydrogen) atoms. The van der Waals surface area contributed by atoms with Crippen LogP contribution >= 0.6 is 0 Å². The van der Waals surface area contributed by atoms with E-state index in [0.29, 0.717) is 6.26 Å². The van der Waals surface area contributed by atoms with Gasteiger partial charge in [-0.15, -0.1) is 0 Å². The predicted octanol–water partition coefficient (Wildman–Crippen LogP) is 2.08. The van der Waals surface area contributed by atoms with E-state index >= 15 is 0 Å². The Kier molecular flexibility index (Phi) is 25.5. The van der Waals surface area contributed by atoms with E-state index in [9.17, 15) is 0 Å². The zero-order chi connectivity index (χ0) is 10.8. The molecule has 0 atom stereocenters. The lowest BCUT2D eigenvalue weighted by Gasteiger charge is -1.90. The van der Waals surface area contributed by atoms with Gasteiger partial charge in [-0.1, -0.05) is 28.2 Å². The molecular weight excluding hydrogens is 190 g/mol. The van der Waals surface area contributed by atoms with Crippen LogP contribution in [0.4, 0.5) is 0 Å². The molecule has 0 aromatic carbocycles. The van der Waals surface area contributed by atoms with E-state index in [1.54, 1.807) is 14.1 Å². The van der Waals surface area contributed by atoms with Gasteiger partial charge in [-0.25, -0.2) is 8.42 Å². The molecule has 5 heteroatoms. The Morgan fingerprint density at radius 1 is 1.15 bits per heavy atom. The van der Waals surface area contributed by atoms with E-state index in [4.69, 9.17) is 13.0 Å². The summed E-state index contributed by atoms with van der Waals surface area (Å²) in [7, 11) is -0.417. The highest BCUT2D eigenvalue weighted by molar-refractivity contribution is 7.84. The molecule has 0 N–H and O–H groups in total. The minimum atomic E-state index is -3.92. The largest absolute Gasteiger partial charge is 0.748 e. The fraction of sp³-hybridized carbons (Fsp3) is 1.00. The third-order valence-corrected chi connectivity index (χ3v) is 0. The molecular formula is C8H23NO3S-2. The van der Waals surface area contributed by atoms with Crippen LogP contribution in [0.15, 0.2) is 0 Å². The number of hydrogen-bond acceptors (Lipinski definition) is 3. The first kappa shape index (κ1) is 23.0. The molecule has 0 rings (SSSR count). The molecule has 0 radical (unpaired) electrons. The molecule has 86 valence electrons. The standard InChI is InChI=1S/C4H10.C2H6N.CH4O3S.CH4/c1-4(2)3;1-3-2;1-5(2,3)4;/h4H,1-3H3;1-2H3;1H3,(H,2,3,4);1H4/q;-1;;/p-1. The molecule has 0 spiro atoms. The van der Waals surface area contributed by atoms with Crippen LogP contribution in [-0.2, 0) is 10.1 Å². The molecule has 0 bridgehead atoms. The zero-order valence-electron chi connectivity index (χ0n) is 8.66. The fourth-order valence-electron chi connectivity index (χ4n) is 0. The van der Waals surface area contributed by atoms with Gasteiger partial charge in [-0.2, -0.15) is 14.1 Å². The van der Waals surface area contributed by atoms with Crippen LogP contribution in [0.5, 0.6) is 0 Å². The lowest BCUT2D eigenvalue weighted by atomic mass is 10.3. The normalized spacial score (nSPS) is 8.62. The summed E-state index contributed by atoms with van der Waals surface area (Å²) < 4.78 is 27.2. The third kappa shape index (κ3) is 68400. The third-order valence-electron chi connectivity index (χ3n) is 0. The second-order valence-corrected chi connectivity index (χ2v) is 4.29. The summed E-state index contributed by atoms with van der Waals surface area (Å²) in [4.78, 5) is 0. The van der Waals surface area contributed by atoms with Crippen molar-refractivity contribution in [1.29, 1.82) is 0 Å². The molecule has 0 aliphatic heterocycles. The Hall–Kier alpha value is -0.130. The summed E-state index contributed by atoms with van der Waals surface area (Å²) in [5, 5.41) is 3.50. The molecule has 0 aliphatic rings. The maximum Gasteiger partial charge on any atom is 0.0916 e. The average molecular weight is 213 g/mol. The second-order valence-electron chi connectivity index (χ2n) is 2.88. The first-order valence-corrected chi connectivity index (χ1v) is 5.35. The molecule has 0 fully saturated rings. The van der Waals surface area contributed by atoms with Crippen molar-refractivity contribution in [3.05, 3.63) is 5.32 Å². The van der Waals surface area contributed by atoms with E-state index in [-0.39, 0.29) is 7.43 Å². The van der Waals surface area contributed by atoms with Crippen molar-refractivity contribution in [1.82, 2.24) is 0 Å². The molecule has 0 aliphatic carbocycles. The zero-order valence-corrected chi connectivity index (χ0v) is 9.47. The lowest BCUT2D eigenvalue weighted by Crippen LogP contribution is -1.88. The number of nitrogens with zero attached hydrogens (tertiary/aromatic N) is 1. The topological polar surface area (TPSA) is 71.3 Å². The van der Waals surface area contributed by atoms with Gasteiger partial charge in [0.25, 0.3) is 0 Å². The lowest BCUT2D eigenvalue weighted by molar-refractivity contribution is 0.470. The smallest absolute Gasteiger partial charge is 0.0916 e. The quantitative estimate of drug-likeness (QED) is 0.578. The summed E-state index contributed by atoms with van der Waals surface area (Å²) in [6, 6.07) is 0. The molecule has 0 unspecified atom stereocenters. The van der Waals surface area contributed by atoms with E-state index in [2.05, 4.69) is 26.1 Å². The Morgan fingerprint density at radius 3 is 1.15 bits per heavy atom.